The van der Waals surface area contributed by atoms with E-state index in [1.807, 2.05) is 32.0 Å². The Balaban J connectivity index is 1.78. The first-order valence-corrected chi connectivity index (χ1v) is 8.66. The number of benzene rings is 2. The summed E-state index contributed by atoms with van der Waals surface area (Å²) in [5, 5.41) is 3.47. The van der Waals surface area contributed by atoms with Gasteiger partial charge in [-0.25, -0.2) is 0 Å². The third-order valence-electron chi connectivity index (χ3n) is 3.44. The molecule has 0 aliphatic heterocycles. The summed E-state index contributed by atoms with van der Waals surface area (Å²) >= 11 is 3.57. The molecule has 4 heteroatoms. The molecular weight excluding hydrogens is 354 g/mol. The highest BCUT2D eigenvalue weighted by Gasteiger charge is 2.04. The molecule has 0 spiro atoms. The summed E-state index contributed by atoms with van der Waals surface area (Å²) in [4.78, 5) is 0. The molecule has 0 radical (unpaired) electrons. The van der Waals surface area contributed by atoms with Crippen LogP contribution in [0.25, 0.3) is 0 Å². The van der Waals surface area contributed by atoms with Gasteiger partial charge in [-0.3, -0.25) is 0 Å². The van der Waals surface area contributed by atoms with Gasteiger partial charge in [-0.05, 0) is 78.1 Å². The first-order chi connectivity index (χ1) is 11.1. The zero-order valence-corrected chi connectivity index (χ0v) is 15.5. The van der Waals surface area contributed by atoms with Crippen molar-refractivity contribution in [1.82, 2.24) is 5.32 Å². The minimum absolute atomic E-state index is 0.180. The summed E-state index contributed by atoms with van der Waals surface area (Å²) in [7, 11) is 1.69. The van der Waals surface area contributed by atoms with E-state index in [2.05, 4.69) is 45.5 Å². The minimum Gasteiger partial charge on any atom is -0.497 e. The van der Waals surface area contributed by atoms with Crippen molar-refractivity contribution in [1.29, 1.82) is 0 Å². The van der Waals surface area contributed by atoms with Gasteiger partial charge in [-0.15, -0.1) is 0 Å². The summed E-state index contributed by atoms with van der Waals surface area (Å²) in [6, 6.07) is 14.4. The highest BCUT2D eigenvalue weighted by atomic mass is 79.9. The summed E-state index contributed by atoms with van der Waals surface area (Å²) in [6.07, 6.45) is 1.18. The Morgan fingerprint density at radius 1 is 1.04 bits per heavy atom. The van der Waals surface area contributed by atoms with Gasteiger partial charge < -0.3 is 14.8 Å². The van der Waals surface area contributed by atoms with E-state index in [9.17, 15) is 0 Å². The highest BCUT2D eigenvalue weighted by molar-refractivity contribution is 9.10. The van der Waals surface area contributed by atoms with Crippen LogP contribution in [0.2, 0.25) is 0 Å². The lowest BCUT2D eigenvalue weighted by atomic mass is 10.1. The molecule has 0 bridgehead atoms. The molecule has 2 rings (SSSR count). The second-order valence-corrected chi connectivity index (χ2v) is 6.56. The number of methoxy groups -OCH3 is 1. The molecule has 0 saturated carbocycles. The number of nitrogens with one attached hydrogen (secondary N) is 1. The Kier molecular flexibility index (Phi) is 6.93. The predicted molar refractivity (Wildman–Crippen MR) is 98.3 cm³/mol. The van der Waals surface area contributed by atoms with Gasteiger partial charge in [0.1, 0.15) is 11.5 Å². The van der Waals surface area contributed by atoms with Crippen molar-refractivity contribution in [3.8, 4) is 11.5 Å². The summed E-state index contributed by atoms with van der Waals surface area (Å²) < 4.78 is 11.9. The predicted octanol–water partition coefficient (Wildman–Crippen LogP) is 4.58. The zero-order chi connectivity index (χ0) is 16.7. The Morgan fingerprint density at radius 2 is 1.74 bits per heavy atom. The molecule has 0 saturated heterocycles. The minimum atomic E-state index is 0.180. The number of rotatable bonds is 8. The number of ether oxygens (including phenoxy) is 2. The van der Waals surface area contributed by atoms with Crippen molar-refractivity contribution >= 4 is 15.9 Å². The van der Waals surface area contributed by atoms with E-state index in [1.165, 1.54) is 11.1 Å². The van der Waals surface area contributed by atoms with Crippen molar-refractivity contribution in [2.24, 2.45) is 0 Å². The van der Waals surface area contributed by atoms with Gasteiger partial charge in [-0.2, -0.15) is 0 Å². The maximum Gasteiger partial charge on any atom is 0.133 e. The fraction of sp³-hybridized carbons (Fsp3) is 0.368. The lowest BCUT2D eigenvalue weighted by molar-refractivity contribution is 0.241. The van der Waals surface area contributed by atoms with Crippen LogP contribution in [0.5, 0.6) is 11.5 Å². The molecule has 3 nitrogen and oxygen atoms in total. The van der Waals surface area contributed by atoms with Crippen LogP contribution in [0.4, 0.5) is 0 Å². The Labute approximate surface area is 147 Å². The van der Waals surface area contributed by atoms with Gasteiger partial charge in [0.05, 0.1) is 17.7 Å². The van der Waals surface area contributed by atoms with Gasteiger partial charge in [0, 0.05) is 6.54 Å². The third kappa shape index (κ3) is 5.88. The molecule has 0 aromatic heterocycles. The summed E-state index contributed by atoms with van der Waals surface area (Å²) in [6.45, 7) is 5.84. The van der Waals surface area contributed by atoms with Crippen LogP contribution in [-0.4, -0.2) is 19.8 Å². The highest BCUT2D eigenvalue weighted by Crippen LogP contribution is 2.26. The van der Waals surface area contributed by atoms with Crippen molar-refractivity contribution < 1.29 is 9.47 Å². The molecule has 124 valence electrons. The maximum absolute atomic E-state index is 5.72. The Morgan fingerprint density at radius 3 is 2.35 bits per heavy atom. The number of hydrogen-bond acceptors (Lipinski definition) is 3. The lowest BCUT2D eigenvalue weighted by Crippen LogP contribution is -2.16. The standard InChI is InChI=1S/C19H24BrNO2/c1-14(2)23-19-9-6-16(12-18(19)20)13-21-11-10-15-4-7-17(22-3)8-5-15/h4-9,12,14,21H,10-11,13H2,1-3H3. The molecule has 0 aliphatic rings. The summed E-state index contributed by atoms with van der Waals surface area (Å²) in [5.74, 6) is 1.79. The second kappa shape index (κ2) is 8.94. The van der Waals surface area contributed by atoms with Crippen LogP contribution < -0.4 is 14.8 Å². The van der Waals surface area contributed by atoms with Crippen LogP contribution in [0.1, 0.15) is 25.0 Å². The van der Waals surface area contributed by atoms with Crippen LogP contribution in [0.3, 0.4) is 0 Å². The Hall–Kier alpha value is -1.52. The monoisotopic (exact) mass is 377 g/mol. The van der Waals surface area contributed by atoms with E-state index in [4.69, 9.17) is 9.47 Å². The molecule has 2 aromatic rings. The van der Waals surface area contributed by atoms with Crippen LogP contribution >= 0.6 is 15.9 Å². The summed E-state index contributed by atoms with van der Waals surface area (Å²) in [5.41, 5.74) is 2.54. The fourth-order valence-corrected chi connectivity index (χ4v) is 2.78. The molecule has 0 atom stereocenters. The van der Waals surface area contributed by atoms with Crippen molar-refractivity contribution in [3.05, 3.63) is 58.1 Å². The van der Waals surface area contributed by atoms with E-state index < -0.39 is 0 Å². The molecular formula is C19H24BrNO2. The van der Waals surface area contributed by atoms with Gasteiger partial charge in [0.15, 0.2) is 0 Å². The van der Waals surface area contributed by atoms with E-state index in [0.717, 1.165) is 35.5 Å². The maximum atomic E-state index is 5.72. The van der Waals surface area contributed by atoms with Gasteiger partial charge in [0.25, 0.3) is 0 Å². The average Bonchev–Trinajstić information content (AvgIpc) is 2.54. The number of hydrogen-bond donors (Lipinski definition) is 1. The van der Waals surface area contributed by atoms with Crippen LogP contribution in [0.15, 0.2) is 46.9 Å². The van der Waals surface area contributed by atoms with Gasteiger partial charge in [0.2, 0.25) is 0 Å². The first kappa shape index (κ1) is 17.8. The largest absolute Gasteiger partial charge is 0.497 e. The third-order valence-corrected chi connectivity index (χ3v) is 4.06. The molecule has 0 aliphatic carbocycles. The smallest absolute Gasteiger partial charge is 0.133 e. The van der Waals surface area contributed by atoms with E-state index in [1.54, 1.807) is 7.11 Å². The molecule has 1 N–H and O–H groups in total. The van der Waals surface area contributed by atoms with Crippen molar-refractivity contribution in [2.75, 3.05) is 13.7 Å². The zero-order valence-electron chi connectivity index (χ0n) is 13.9. The van der Waals surface area contributed by atoms with E-state index in [-0.39, 0.29) is 6.10 Å². The van der Waals surface area contributed by atoms with E-state index in [0.29, 0.717) is 0 Å². The normalized spacial score (nSPS) is 10.8. The lowest BCUT2D eigenvalue weighted by Gasteiger charge is -2.13. The Bertz CT molecular complexity index is 611. The number of halogens is 1. The van der Waals surface area contributed by atoms with E-state index >= 15 is 0 Å². The fourth-order valence-electron chi connectivity index (χ4n) is 2.26. The van der Waals surface area contributed by atoms with Gasteiger partial charge in [-0.1, -0.05) is 18.2 Å². The average molecular weight is 378 g/mol. The molecule has 23 heavy (non-hydrogen) atoms. The molecule has 0 amide bonds. The second-order valence-electron chi connectivity index (χ2n) is 5.71. The quantitative estimate of drug-likeness (QED) is 0.683. The molecule has 0 unspecified atom stereocenters. The van der Waals surface area contributed by atoms with Crippen molar-refractivity contribution in [3.63, 3.8) is 0 Å². The topological polar surface area (TPSA) is 30.5 Å². The molecule has 2 aromatic carbocycles. The van der Waals surface area contributed by atoms with Crippen molar-refractivity contribution in [2.45, 2.75) is 32.9 Å². The first-order valence-electron chi connectivity index (χ1n) is 7.87. The SMILES string of the molecule is COc1ccc(CCNCc2ccc(OC(C)C)c(Br)c2)cc1. The van der Waals surface area contributed by atoms with Crippen LogP contribution in [-0.2, 0) is 13.0 Å². The molecule has 0 heterocycles. The van der Waals surface area contributed by atoms with Gasteiger partial charge >= 0.3 is 0 Å². The molecule has 0 fully saturated rings. The van der Waals surface area contributed by atoms with Crippen LogP contribution in [0, 0.1) is 0 Å².